The Morgan fingerprint density at radius 2 is 1.54 bits per heavy atom. The molecule has 80 valence electrons. The number of hydrogen-bond acceptors (Lipinski definition) is 4. The summed E-state index contributed by atoms with van der Waals surface area (Å²) in [7, 11) is 0. The van der Waals surface area contributed by atoms with Crippen molar-refractivity contribution < 1.29 is 9.47 Å². The number of ether oxygens (including phenoxy) is 2. The zero-order chi connectivity index (χ0) is 9.94. The molecule has 0 spiro atoms. The smallest absolute Gasteiger partial charge is 0.154 e. The molecule has 0 bridgehead atoms. The van der Waals surface area contributed by atoms with E-state index in [1.165, 1.54) is 16.6 Å². The van der Waals surface area contributed by atoms with E-state index in [0.29, 0.717) is 0 Å². The first kappa shape index (κ1) is 13.6. The molecule has 0 aromatic heterocycles. The molecule has 0 aromatic carbocycles. The topological polar surface area (TPSA) is 18.5 Å². The predicted molar refractivity (Wildman–Crippen MR) is 62.5 cm³/mol. The lowest BCUT2D eigenvalue weighted by molar-refractivity contribution is -0.123. The van der Waals surface area contributed by atoms with Crippen molar-refractivity contribution in [3.63, 3.8) is 0 Å². The highest BCUT2D eigenvalue weighted by Gasteiger charge is 1.96. The Bertz CT molecular complexity index is 84.0. The van der Waals surface area contributed by atoms with E-state index in [0.717, 1.165) is 13.2 Å². The van der Waals surface area contributed by atoms with Gasteiger partial charge in [0.05, 0.1) is 0 Å². The molecule has 0 aliphatic carbocycles. The van der Waals surface area contributed by atoms with Crippen LogP contribution < -0.4 is 0 Å². The maximum Gasteiger partial charge on any atom is 0.154 e. The molecule has 1 rings (SSSR count). The molecule has 0 unspecified atom stereocenters. The van der Waals surface area contributed by atoms with Gasteiger partial charge >= 0.3 is 0 Å². The normalized spacial score (nSPS) is 15.7. The second-order valence-corrected chi connectivity index (χ2v) is 4.99. The highest BCUT2D eigenvalue weighted by atomic mass is 32.2. The summed E-state index contributed by atoms with van der Waals surface area (Å²) in [5, 5.41) is 1.33. The van der Waals surface area contributed by atoms with E-state index in [9.17, 15) is 0 Å². The minimum Gasteiger partial charge on any atom is -0.353 e. The highest BCUT2D eigenvalue weighted by molar-refractivity contribution is 8.19. The largest absolute Gasteiger partial charge is 0.353 e. The van der Waals surface area contributed by atoms with Crippen molar-refractivity contribution in [1.82, 2.24) is 0 Å². The Kier molecular flexibility index (Phi) is 11.2. The summed E-state index contributed by atoms with van der Waals surface area (Å²) in [6, 6.07) is 0. The van der Waals surface area contributed by atoms with Gasteiger partial charge in [-0.3, -0.25) is 0 Å². The molecule has 1 aliphatic rings. The van der Waals surface area contributed by atoms with Gasteiger partial charge in [0, 0.05) is 29.8 Å². The first-order valence-electron chi connectivity index (χ1n) is 4.70. The van der Waals surface area contributed by atoms with Crippen molar-refractivity contribution in [3.05, 3.63) is 0 Å². The highest BCUT2D eigenvalue weighted by Crippen LogP contribution is 2.20. The van der Waals surface area contributed by atoms with Crippen molar-refractivity contribution in [2.75, 3.05) is 29.8 Å². The molecular formula is C9H20O2S2. The SMILES string of the molecule is C1CSCS1.CCOC(C)OCC. The summed E-state index contributed by atoms with van der Waals surface area (Å²) in [5.74, 6) is 2.76. The van der Waals surface area contributed by atoms with Crippen LogP contribution in [-0.4, -0.2) is 36.1 Å². The van der Waals surface area contributed by atoms with Gasteiger partial charge in [0.1, 0.15) is 0 Å². The van der Waals surface area contributed by atoms with Gasteiger partial charge < -0.3 is 9.47 Å². The molecule has 1 heterocycles. The zero-order valence-electron chi connectivity index (χ0n) is 8.75. The van der Waals surface area contributed by atoms with Gasteiger partial charge in [0.2, 0.25) is 0 Å². The van der Waals surface area contributed by atoms with Crippen LogP contribution in [0.2, 0.25) is 0 Å². The summed E-state index contributed by atoms with van der Waals surface area (Å²) in [4.78, 5) is 0. The molecule has 0 radical (unpaired) electrons. The summed E-state index contributed by atoms with van der Waals surface area (Å²) in [6.45, 7) is 7.25. The van der Waals surface area contributed by atoms with E-state index in [4.69, 9.17) is 9.47 Å². The molecule has 13 heavy (non-hydrogen) atoms. The van der Waals surface area contributed by atoms with Crippen molar-refractivity contribution >= 4 is 23.5 Å². The molecule has 1 saturated heterocycles. The average Bonchev–Trinajstić information content (AvgIpc) is 2.61. The molecule has 1 fully saturated rings. The monoisotopic (exact) mass is 224 g/mol. The molecule has 1 aliphatic heterocycles. The number of hydrogen-bond donors (Lipinski definition) is 0. The number of rotatable bonds is 4. The van der Waals surface area contributed by atoms with Crippen LogP contribution in [0, 0.1) is 0 Å². The van der Waals surface area contributed by atoms with Crippen LogP contribution >= 0.6 is 23.5 Å². The van der Waals surface area contributed by atoms with Crippen LogP contribution in [0.1, 0.15) is 20.8 Å². The van der Waals surface area contributed by atoms with Gasteiger partial charge in [0.25, 0.3) is 0 Å². The zero-order valence-corrected chi connectivity index (χ0v) is 10.4. The van der Waals surface area contributed by atoms with Crippen molar-refractivity contribution in [3.8, 4) is 0 Å². The Labute approximate surface area is 90.1 Å². The lowest BCUT2D eigenvalue weighted by Crippen LogP contribution is -2.11. The third kappa shape index (κ3) is 10.5. The Morgan fingerprint density at radius 1 is 1.08 bits per heavy atom. The summed E-state index contributed by atoms with van der Waals surface area (Å²) >= 11 is 4.07. The van der Waals surface area contributed by atoms with Crippen molar-refractivity contribution in [1.29, 1.82) is 0 Å². The summed E-state index contributed by atoms with van der Waals surface area (Å²) in [6.07, 6.45) is -0.0370. The standard InChI is InChI=1S/C6H14O2.C3H6S2/c1-4-7-6(3)8-5-2;1-2-5-3-4-1/h6H,4-5H2,1-3H3;1-3H2. The number of thioether (sulfide) groups is 2. The minimum absolute atomic E-state index is 0.0370. The summed E-state index contributed by atoms with van der Waals surface area (Å²) in [5.41, 5.74) is 0. The van der Waals surface area contributed by atoms with Crippen molar-refractivity contribution in [2.45, 2.75) is 27.1 Å². The summed E-state index contributed by atoms with van der Waals surface area (Å²) < 4.78 is 10.1. The van der Waals surface area contributed by atoms with Gasteiger partial charge in [-0.15, -0.1) is 0 Å². The fourth-order valence-corrected chi connectivity index (χ4v) is 3.17. The Hall–Kier alpha value is 0.620. The Balaban J connectivity index is 0.000000243. The van der Waals surface area contributed by atoms with Crippen LogP contribution in [0.3, 0.4) is 0 Å². The van der Waals surface area contributed by atoms with Gasteiger partial charge in [-0.2, -0.15) is 23.5 Å². The van der Waals surface area contributed by atoms with Crippen LogP contribution in [0.4, 0.5) is 0 Å². The van der Waals surface area contributed by atoms with Crippen LogP contribution in [-0.2, 0) is 9.47 Å². The quantitative estimate of drug-likeness (QED) is 0.683. The molecule has 4 heteroatoms. The molecule has 0 amide bonds. The van der Waals surface area contributed by atoms with E-state index >= 15 is 0 Å². The maximum absolute atomic E-state index is 5.06. The molecular weight excluding hydrogens is 204 g/mol. The molecule has 0 N–H and O–H groups in total. The molecule has 2 nitrogen and oxygen atoms in total. The van der Waals surface area contributed by atoms with E-state index in [-0.39, 0.29) is 6.29 Å². The van der Waals surface area contributed by atoms with E-state index in [1.54, 1.807) is 0 Å². The van der Waals surface area contributed by atoms with Crippen LogP contribution in [0.15, 0.2) is 0 Å². The van der Waals surface area contributed by atoms with Crippen LogP contribution in [0.5, 0.6) is 0 Å². The lowest BCUT2D eigenvalue weighted by atomic mass is 10.7. The van der Waals surface area contributed by atoms with Gasteiger partial charge in [-0.25, -0.2) is 0 Å². The third-order valence-corrected chi connectivity index (χ3v) is 3.92. The molecule has 0 aromatic rings. The van der Waals surface area contributed by atoms with E-state index in [1.807, 2.05) is 44.3 Å². The van der Waals surface area contributed by atoms with Crippen molar-refractivity contribution in [2.24, 2.45) is 0 Å². The van der Waals surface area contributed by atoms with Gasteiger partial charge in [-0.05, 0) is 20.8 Å². The van der Waals surface area contributed by atoms with E-state index in [2.05, 4.69) is 0 Å². The first-order chi connectivity index (χ1) is 6.31. The predicted octanol–water partition coefficient (Wildman–Crippen LogP) is 2.83. The molecule has 0 atom stereocenters. The van der Waals surface area contributed by atoms with Gasteiger partial charge in [0.15, 0.2) is 6.29 Å². The maximum atomic E-state index is 5.06. The average molecular weight is 224 g/mol. The fraction of sp³-hybridized carbons (Fsp3) is 1.00. The Morgan fingerprint density at radius 3 is 1.77 bits per heavy atom. The molecule has 0 saturated carbocycles. The first-order valence-corrected chi connectivity index (χ1v) is 7.00. The third-order valence-electron chi connectivity index (χ3n) is 1.34. The second-order valence-electron chi connectivity index (χ2n) is 2.41. The fourth-order valence-electron chi connectivity index (χ4n) is 0.812. The van der Waals surface area contributed by atoms with Gasteiger partial charge in [-0.1, -0.05) is 0 Å². The van der Waals surface area contributed by atoms with Crippen LogP contribution in [0.25, 0.3) is 0 Å². The minimum atomic E-state index is -0.0370. The van der Waals surface area contributed by atoms with E-state index < -0.39 is 0 Å². The second kappa shape index (κ2) is 10.7. The lowest BCUT2D eigenvalue weighted by Gasteiger charge is -2.09.